The quantitative estimate of drug-likeness (QED) is 0.483. The van der Waals surface area contributed by atoms with Crippen LogP contribution in [0.3, 0.4) is 0 Å². The van der Waals surface area contributed by atoms with Crippen molar-refractivity contribution in [3.8, 4) is 0 Å². The topological polar surface area (TPSA) is 26.3 Å². The molecule has 0 rings (SSSR count). The lowest BCUT2D eigenvalue weighted by Crippen LogP contribution is -2.26. The van der Waals surface area contributed by atoms with Crippen LogP contribution in [0.4, 0.5) is 13.2 Å². The minimum Gasteiger partial charge on any atom is -0.462 e. The number of carbonyl (C=O) groups excluding carboxylic acids is 1. The van der Waals surface area contributed by atoms with Gasteiger partial charge in [-0.05, 0) is 25.7 Å². The van der Waals surface area contributed by atoms with Crippen LogP contribution in [-0.2, 0) is 9.53 Å². The number of ether oxygens (including phenoxy) is 1. The van der Waals surface area contributed by atoms with Gasteiger partial charge in [-0.2, -0.15) is 13.2 Å². The van der Waals surface area contributed by atoms with Gasteiger partial charge in [-0.3, -0.25) is 0 Å². The van der Waals surface area contributed by atoms with Crippen molar-refractivity contribution >= 4 is 5.97 Å². The van der Waals surface area contributed by atoms with E-state index in [9.17, 15) is 18.0 Å². The third-order valence-electron chi connectivity index (χ3n) is 2.90. The lowest BCUT2D eigenvalue weighted by molar-refractivity contribution is -0.182. The van der Waals surface area contributed by atoms with Crippen molar-refractivity contribution in [2.45, 2.75) is 52.6 Å². The molecule has 0 aliphatic heterocycles. The van der Waals surface area contributed by atoms with Crippen LogP contribution in [0.25, 0.3) is 0 Å². The molecular weight excluding hydrogens is 257 g/mol. The number of hydrogen-bond donors (Lipinski definition) is 0. The van der Waals surface area contributed by atoms with Gasteiger partial charge in [-0.15, -0.1) is 0 Å². The number of esters is 1. The zero-order valence-electron chi connectivity index (χ0n) is 11.8. The maximum Gasteiger partial charge on any atom is 0.391 e. The maximum absolute atomic E-state index is 12.8. The predicted octanol–water partition coefficient (Wildman–Crippen LogP) is 4.50. The van der Waals surface area contributed by atoms with E-state index < -0.39 is 18.1 Å². The predicted molar refractivity (Wildman–Crippen MR) is 68.6 cm³/mol. The summed E-state index contributed by atoms with van der Waals surface area (Å²) in [5.41, 5.74) is 0.255. The van der Waals surface area contributed by atoms with E-state index in [0.717, 1.165) is 6.42 Å². The molecule has 0 aromatic carbocycles. The fraction of sp³-hybridized carbons (Fsp3) is 0.786. The molecule has 0 aromatic rings. The van der Waals surface area contributed by atoms with Gasteiger partial charge in [0.2, 0.25) is 0 Å². The zero-order valence-corrected chi connectivity index (χ0v) is 11.8. The van der Waals surface area contributed by atoms with E-state index in [2.05, 4.69) is 6.58 Å². The Hall–Kier alpha value is -1.00. The van der Waals surface area contributed by atoms with Gasteiger partial charge in [0.05, 0.1) is 12.5 Å². The van der Waals surface area contributed by atoms with Crippen molar-refractivity contribution in [3.63, 3.8) is 0 Å². The van der Waals surface area contributed by atoms with Crippen molar-refractivity contribution < 1.29 is 22.7 Å². The van der Waals surface area contributed by atoms with Gasteiger partial charge in [0.25, 0.3) is 0 Å². The SMILES string of the molecule is C=C(C)C(=O)OCC(C)CC(CCCC)C(F)(F)F. The highest BCUT2D eigenvalue weighted by atomic mass is 19.4. The van der Waals surface area contributed by atoms with Crippen LogP contribution in [0.15, 0.2) is 12.2 Å². The second kappa shape index (κ2) is 8.23. The number of rotatable bonds is 8. The van der Waals surface area contributed by atoms with Crippen LogP contribution < -0.4 is 0 Å². The molecule has 0 aromatic heterocycles. The number of carbonyl (C=O) groups is 1. The van der Waals surface area contributed by atoms with E-state index in [0.29, 0.717) is 6.42 Å². The van der Waals surface area contributed by atoms with Gasteiger partial charge < -0.3 is 4.74 Å². The number of alkyl halides is 3. The van der Waals surface area contributed by atoms with Crippen LogP contribution in [0.2, 0.25) is 0 Å². The Morgan fingerprint density at radius 2 is 1.95 bits per heavy atom. The number of halogens is 3. The Bertz CT molecular complexity index is 298. The van der Waals surface area contributed by atoms with Crippen molar-refractivity contribution in [2.24, 2.45) is 11.8 Å². The summed E-state index contributed by atoms with van der Waals surface area (Å²) >= 11 is 0. The molecule has 0 bridgehead atoms. The summed E-state index contributed by atoms with van der Waals surface area (Å²) in [4.78, 5) is 11.2. The van der Waals surface area contributed by atoms with Gasteiger partial charge in [0.15, 0.2) is 0 Å². The first-order valence-corrected chi connectivity index (χ1v) is 6.57. The average molecular weight is 280 g/mol. The molecule has 2 atom stereocenters. The molecule has 0 aliphatic rings. The van der Waals surface area contributed by atoms with E-state index >= 15 is 0 Å². The lowest BCUT2D eigenvalue weighted by atomic mass is 9.91. The van der Waals surface area contributed by atoms with Crippen LogP contribution >= 0.6 is 0 Å². The molecule has 0 spiro atoms. The van der Waals surface area contributed by atoms with E-state index in [1.807, 2.05) is 6.92 Å². The van der Waals surface area contributed by atoms with E-state index in [4.69, 9.17) is 4.74 Å². The number of hydrogen-bond acceptors (Lipinski definition) is 2. The van der Waals surface area contributed by atoms with Crippen molar-refractivity contribution in [2.75, 3.05) is 6.61 Å². The van der Waals surface area contributed by atoms with Gasteiger partial charge >= 0.3 is 12.1 Å². The van der Waals surface area contributed by atoms with Crippen LogP contribution in [0.1, 0.15) is 46.5 Å². The molecule has 0 N–H and O–H groups in total. The smallest absolute Gasteiger partial charge is 0.391 e. The fourth-order valence-electron chi connectivity index (χ4n) is 1.76. The molecule has 0 saturated carbocycles. The first-order valence-electron chi connectivity index (χ1n) is 6.57. The molecule has 2 unspecified atom stereocenters. The third-order valence-corrected chi connectivity index (χ3v) is 2.90. The van der Waals surface area contributed by atoms with Crippen molar-refractivity contribution in [1.82, 2.24) is 0 Å². The second-order valence-electron chi connectivity index (χ2n) is 5.10. The molecule has 0 saturated heterocycles. The standard InChI is InChI=1S/C14H23F3O2/c1-5-6-7-12(14(15,16)17)8-11(4)9-19-13(18)10(2)3/h11-12H,2,5-9H2,1,3-4H3. The molecule has 19 heavy (non-hydrogen) atoms. The molecule has 0 heterocycles. The van der Waals surface area contributed by atoms with Crippen LogP contribution in [-0.4, -0.2) is 18.8 Å². The molecule has 0 radical (unpaired) electrons. The minimum absolute atomic E-state index is 0.00436. The summed E-state index contributed by atoms with van der Waals surface area (Å²) in [6.45, 7) is 8.46. The zero-order chi connectivity index (χ0) is 15.1. The van der Waals surface area contributed by atoms with Gasteiger partial charge in [-0.25, -0.2) is 4.79 Å². The Kier molecular flexibility index (Phi) is 7.79. The molecular formula is C14H23F3O2. The summed E-state index contributed by atoms with van der Waals surface area (Å²) in [7, 11) is 0. The number of unbranched alkanes of at least 4 members (excludes halogenated alkanes) is 1. The Morgan fingerprint density at radius 3 is 2.37 bits per heavy atom. The molecule has 5 heteroatoms. The summed E-state index contributed by atoms with van der Waals surface area (Å²) < 4.78 is 43.3. The molecule has 112 valence electrons. The first kappa shape index (κ1) is 18.0. The van der Waals surface area contributed by atoms with E-state index in [1.165, 1.54) is 6.92 Å². The Balaban J connectivity index is 4.27. The largest absolute Gasteiger partial charge is 0.462 e. The first-order chi connectivity index (χ1) is 8.68. The fourth-order valence-corrected chi connectivity index (χ4v) is 1.76. The summed E-state index contributed by atoms with van der Waals surface area (Å²) in [5.74, 6) is -2.18. The highest BCUT2D eigenvalue weighted by Gasteiger charge is 2.39. The highest BCUT2D eigenvalue weighted by Crippen LogP contribution is 2.35. The van der Waals surface area contributed by atoms with E-state index in [1.54, 1.807) is 6.92 Å². The van der Waals surface area contributed by atoms with Crippen LogP contribution in [0, 0.1) is 11.8 Å². The normalized spacial score (nSPS) is 14.8. The van der Waals surface area contributed by atoms with E-state index in [-0.39, 0.29) is 30.9 Å². The van der Waals surface area contributed by atoms with Crippen molar-refractivity contribution in [1.29, 1.82) is 0 Å². The second-order valence-corrected chi connectivity index (χ2v) is 5.10. The highest BCUT2D eigenvalue weighted by molar-refractivity contribution is 5.86. The molecule has 0 aliphatic carbocycles. The minimum atomic E-state index is -4.18. The average Bonchev–Trinajstić information content (AvgIpc) is 2.29. The molecule has 0 amide bonds. The maximum atomic E-state index is 12.8. The summed E-state index contributed by atoms with van der Waals surface area (Å²) in [5, 5.41) is 0. The molecule has 2 nitrogen and oxygen atoms in total. The van der Waals surface area contributed by atoms with Gasteiger partial charge in [0.1, 0.15) is 0 Å². The Morgan fingerprint density at radius 1 is 1.37 bits per heavy atom. The Labute approximate surface area is 113 Å². The third kappa shape index (κ3) is 7.90. The van der Waals surface area contributed by atoms with Gasteiger partial charge in [0, 0.05) is 5.57 Å². The molecule has 0 fully saturated rings. The van der Waals surface area contributed by atoms with Gasteiger partial charge in [-0.1, -0.05) is 33.3 Å². The monoisotopic (exact) mass is 280 g/mol. The summed E-state index contributed by atoms with van der Waals surface area (Å²) in [6.07, 6.45) is -2.75. The van der Waals surface area contributed by atoms with Crippen LogP contribution in [0.5, 0.6) is 0 Å². The summed E-state index contributed by atoms with van der Waals surface area (Å²) in [6, 6.07) is 0. The lowest BCUT2D eigenvalue weighted by Gasteiger charge is -2.23. The van der Waals surface area contributed by atoms with Crippen molar-refractivity contribution in [3.05, 3.63) is 12.2 Å².